The van der Waals surface area contributed by atoms with E-state index in [-0.39, 0.29) is 37.9 Å². The highest BCUT2D eigenvalue weighted by Gasteiger charge is 2.29. The minimum atomic E-state index is -0.948. The van der Waals surface area contributed by atoms with E-state index in [9.17, 15) is 14.4 Å². The van der Waals surface area contributed by atoms with Crippen LogP contribution < -0.4 is 10.6 Å². The summed E-state index contributed by atoms with van der Waals surface area (Å²) in [7, 11) is 0. The van der Waals surface area contributed by atoms with E-state index >= 15 is 0 Å². The molecule has 2 aromatic carbocycles. The molecule has 182 valence electrons. The van der Waals surface area contributed by atoms with Crippen LogP contribution in [0.5, 0.6) is 0 Å². The Morgan fingerprint density at radius 1 is 1.06 bits per heavy atom. The maximum Gasteiger partial charge on any atom is 0.407 e. The van der Waals surface area contributed by atoms with E-state index in [2.05, 4.69) is 39.9 Å². The molecule has 1 atom stereocenters. The second-order valence-corrected chi connectivity index (χ2v) is 9.28. The number of carboxylic acid groups (broad SMARTS) is 1. The van der Waals surface area contributed by atoms with Gasteiger partial charge in [0.25, 0.3) is 0 Å². The number of alkyl carbamates (subject to hydrolysis) is 1. The summed E-state index contributed by atoms with van der Waals surface area (Å²) >= 11 is 1.30. The highest BCUT2D eigenvalue weighted by Crippen LogP contribution is 2.44. The lowest BCUT2D eigenvalue weighted by Gasteiger charge is -2.17. The normalized spacial score (nSPS) is 12.9. The summed E-state index contributed by atoms with van der Waals surface area (Å²) in [5.41, 5.74) is 5.07. The van der Waals surface area contributed by atoms with Crippen LogP contribution in [0.15, 0.2) is 53.9 Å². The van der Waals surface area contributed by atoms with Crippen LogP contribution in [0.25, 0.3) is 11.1 Å². The maximum absolute atomic E-state index is 12.6. The summed E-state index contributed by atoms with van der Waals surface area (Å²) in [5.74, 6) is -1.60. The van der Waals surface area contributed by atoms with Crippen molar-refractivity contribution in [3.8, 4) is 11.1 Å². The van der Waals surface area contributed by atoms with E-state index in [4.69, 9.17) is 9.84 Å². The molecule has 1 aliphatic rings. The first-order valence-electron chi connectivity index (χ1n) is 11.5. The fraction of sp³-hybridized carbons (Fsp3) is 0.308. The number of thiazole rings is 1. The number of hydrogen-bond donors (Lipinski definition) is 3. The summed E-state index contributed by atoms with van der Waals surface area (Å²) < 4.78 is 5.54. The number of amides is 2. The van der Waals surface area contributed by atoms with Gasteiger partial charge in [-0.2, -0.15) is 0 Å². The van der Waals surface area contributed by atoms with Crippen LogP contribution in [-0.4, -0.2) is 41.2 Å². The van der Waals surface area contributed by atoms with E-state index in [1.807, 2.05) is 31.2 Å². The second-order valence-electron chi connectivity index (χ2n) is 8.33. The minimum Gasteiger partial charge on any atom is -0.481 e. The van der Waals surface area contributed by atoms with Gasteiger partial charge in [0.15, 0.2) is 0 Å². The predicted octanol–water partition coefficient (Wildman–Crippen LogP) is 3.95. The lowest BCUT2D eigenvalue weighted by atomic mass is 9.98. The first-order chi connectivity index (χ1) is 17.0. The number of nitrogens with one attached hydrogen (secondary N) is 2. The van der Waals surface area contributed by atoms with Crippen LogP contribution in [0.3, 0.4) is 0 Å². The topological polar surface area (TPSA) is 118 Å². The first kappa shape index (κ1) is 24.4. The number of carbonyl (C=O) groups excluding carboxylic acids is 2. The highest BCUT2D eigenvalue weighted by molar-refractivity contribution is 7.09. The van der Waals surface area contributed by atoms with Crippen molar-refractivity contribution in [1.29, 1.82) is 0 Å². The first-order valence-corrected chi connectivity index (χ1v) is 12.4. The Balaban J connectivity index is 1.26. The van der Waals surface area contributed by atoms with Crippen molar-refractivity contribution in [3.05, 3.63) is 75.7 Å². The van der Waals surface area contributed by atoms with Gasteiger partial charge >= 0.3 is 12.1 Å². The van der Waals surface area contributed by atoms with Gasteiger partial charge in [0.1, 0.15) is 11.6 Å². The fourth-order valence-corrected chi connectivity index (χ4v) is 4.99. The molecule has 4 rings (SSSR count). The SMILES string of the molecule is CCC(CNC(=O)OCC1c2ccccc2-c2ccccc21)C(=O)NCc1nc(CC(=O)O)cs1. The number of aliphatic carboxylic acids is 1. The summed E-state index contributed by atoms with van der Waals surface area (Å²) in [6, 6.07) is 16.3. The monoisotopic (exact) mass is 493 g/mol. The van der Waals surface area contributed by atoms with Crippen LogP contribution in [0.1, 0.15) is 41.1 Å². The fourth-order valence-electron chi connectivity index (χ4n) is 4.25. The van der Waals surface area contributed by atoms with Crippen molar-refractivity contribution in [3.63, 3.8) is 0 Å². The predicted molar refractivity (Wildman–Crippen MR) is 132 cm³/mol. The Morgan fingerprint density at radius 3 is 2.34 bits per heavy atom. The molecule has 0 radical (unpaired) electrons. The minimum absolute atomic E-state index is 0.0252. The molecular weight excluding hydrogens is 466 g/mol. The van der Waals surface area contributed by atoms with Gasteiger partial charge in [-0.25, -0.2) is 9.78 Å². The molecule has 1 aliphatic carbocycles. The average molecular weight is 494 g/mol. The Kier molecular flexibility index (Phi) is 7.77. The van der Waals surface area contributed by atoms with Crippen molar-refractivity contribution >= 4 is 29.3 Å². The molecule has 0 aliphatic heterocycles. The number of fused-ring (bicyclic) bond motifs is 3. The molecule has 9 heteroatoms. The average Bonchev–Trinajstić information content (AvgIpc) is 3.43. The van der Waals surface area contributed by atoms with Crippen LogP contribution in [0.4, 0.5) is 4.79 Å². The Labute approximate surface area is 207 Å². The van der Waals surface area contributed by atoms with E-state index in [1.165, 1.54) is 11.3 Å². The van der Waals surface area contributed by atoms with Crippen LogP contribution in [-0.2, 0) is 27.3 Å². The van der Waals surface area contributed by atoms with Crippen molar-refractivity contribution in [2.45, 2.75) is 32.2 Å². The van der Waals surface area contributed by atoms with E-state index in [0.717, 1.165) is 22.3 Å². The van der Waals surface area contributed by atoms with Crippen molar-refractivity contribution in [2.75, 3.05) is 13.2 Å². The van der Waals surface area contributed by atoms with Gasteiger partial charge in [-0.3, -0.25) is 9.59 Å². The Hall–Kier alpha value is -3.72. The zero-order chi connectivity index (χ0) is 24.8. The van der Waals surface area contributed by atoms with Gasteiger partial charge in [0, 0.05) is 17.8 Å². The van der Waals surface area contributed by atoms with Crippen LogP contribution in [0, 0.1) is 5.92 Å². The van der Waals surface area contributed by atoms with Crippen LogP contribution in [0.2, 0.25) is 0 Å². The van der Waals surface area contributed by atoms with E-state index in [0.29, 0.717) is 17.1 Å². The number of aromatic nitrogens is 1. The third-order valence-corrected chi connectivity index (χ3v) is 6.94. The molecule has 1 unspecified atom stereocenters. The molecule has 0 fully saturated rings. The van der Waals surface area contributed by atoms with Gasteiger partial charge in [-0.15, -0.1) is 11.3 Å². The smallest absolute Gasteiger partial charge is 0.407 e. The van der Waals surface area contributed by atoms with Crippen molar-refractivity contribution in [1.82, 2.24) is 15.6 Å². The summed E-state index contributed by atoms with van der Waals surface area (Å²) in [5, 5.41) is 16.7. The third-order valence-electron chi connectivity index (χ3n) is 6.05. The molecule has 8 nitrogen and oxygen atoms in total. The number of hydrogen-bond acceptors (Lipinski definition) is 6. The molecule has 1 heterocycles. The number of carboxylic acids is 1. The van der Waals surface area contributed by atoms with E-state index in [1.54, 1.807) is 5.38 Å². The highest BCUT2D eigenvalue weighted by atomic mass is 32.1. The largest absolute Gasteiger partial charge is 0.481 e. The number of carbonyl (C=O) groups is 3. The van der Waals surface area contributed by atoms with Gasteiger partial charge in [0.05, 0.1) is 24.6 Å². The molecular formula is C26H27N3O5S. The molecule has 0 saturated heterocycles. The van der Waals surface area contributed by atoms with E-state index < -0.39 is 18.0 Å². The molecule has 3 aromatic rings. The summed E-state index contributed by atoms with van der Waals surface area (Å²) in [6.07, 6.45) is -0.166. The summed E-state index contributed by atoms with van der Waals surface area (Å²) in [6.45, 7) is 2.45. The molecule has 0 spiro atoms. The lowest BCUT2D eigenvalue weighted by Crippen LogP contribution is -2.38. The Morgan fingerprint density at radius 2 is 1.71 bits per heavy atom. The molecule has 0 saturated carbocycles. The summed E-state index contributed by atoms with van der Waals surface area (Å²) in [4.78, 5) is 40.0. The van der Waals surface area contributed by atoms with Crippen molar-refractivity contribution in [2.24, 2.45) is 5.92 Å². The Bertz CT molecular complexity index is 1180. The standard InChI is InChI=1S/C26H27N3O5S/c1-2-16(25(32)27-13-23-29-17(15-35-23)11-24(30)31)12-28-26(33)34-14-22-20-9-5-3-7-18(20)19-8-4-6-10-21(19)22/h3-10,15-16,22H,2,11-14H2,1H3,(H,27,32)(H,28,33)(H,30,31). The number of rotatable bonds is 10. The zero-order valence-corrected chi connectivity index (χ0v) is 20.1. The van der Waals surface area contributed by atoms with Gasteiger partial charge in [0.2, 0.25) is 5.91 Å². The zero-order valence-electron chi connectivity index (χ0n) is 19.3. The molecule has 2 amide bonds. The maximum atomic E-state index is 12.6. The molecule has 1 aromatic heterocycles. The van der Waals surface area contributed by atoms with Gasteiger partial charge < -0.3 is 20.5 Å². The third kappa shape index (κ3) is 5.86. The molecule has 3 N–H and O–H groups in total. The number of benzene rings is 2. The number of ether oxygens (including phenoxy) is 1. The van der Waals surface area contributed by atoms with Crippen molar-refractivity contribution < 1.29 is 24.2 Å². The van der Waals surface area contributed by atoms with Gasteiger partial charge in [-0.1, -0.05) is 55.5 Å². The lowest BCUT2D eigenvalue weighted by molar-refractivity contribution is -0.136. The number of nitrogens with zero attached hydrogens (tertiary/aromatic N) is 1. The molecule has 35 heavy (non-hydrogen) atoms. The second kappa shape index (κ2) is 11.1. The van der Waals surface area contributed by atoms with Crippen LogP contribution >= 0.6 is 11.3 Å². The molecule has 0 bridgehead atoms. The quantitative estimate of drug-likeness (QED) is 0.394. The van der Waals surface area contributed by atoms with Gasteiger partial charge in [-0.05, 0) is 28.7 Å².